The molecule has 0 fully saturated rings. The van der Waals surface area contributed by atoms with E-state index >= 15 is 0 Å². The molecule has 1 rings (SSSR count). The average molecular weight is 196 g/mol. The van der Waals surface area contributed by atoms with Gasteiger partial charge in [0.05, 0.1) is 11.4 Å². The lowest BCUT2D eigenvalue weighted by atomic mass is 10.1. The first-order valence-corrected chi connectivity index (χ1v) is 4.87. The number of nitrogens with zero attached hydrogens (tertiary/aromatic N) is 2. The Balaban J connectivity index is 2.58. The molecule has 0 saturated heterocycles. The Morgan fingerprint density at radius 2 is 2.14 bits per heavy atom. The van der Waals surface area contributed by atoms with Gasteiger partial charge in [-0.05, 0) is 27.8 Å². The molecule has 0 spiro atoms. The minimum atomic E-state index is 0.0995. The van der Waals surface area contributed by atoms with Crippen molar-refractivity contribution < 1.29 is 0 Å². The number of rotatable bonds is 4. The number of hydrogen-bond acceptors (Lipinski definition) is 3. The highest BCUT2D eigenvalue weighted by Gasteiger charge is 2.14. The van der Waals surface area contributed by atoms with E-state index in [1.165, 1.54) is 0 Å². The molecule has 0 amide bonds. The number of aromatic nitrogens is 2. The molecule has 80 valence electrons. The van der Waals surface area contributed by atoms with E-state index in [2.05, 4.69) is 29.6 Å². The number of aryl methyl sites for hydroxylation is 2. The Morgan fingerprint density at radius 1 is 1.50 bits per heavy atom. The van der Waals surface area contributed by atoms with Gasteiger partial charge in [-0.3, -0.25) is 4.68 Å². The van der Waals surface area contributed by atoms with Gasteiger partial charge in [0.2, 0.25) is 0 Å². The molecule has 0 saturated carbocycles. The molecule has 14 heavy (non-hydrogen) atoms. The maximum atomic E-state index is 4.27. The Kier molecular flexibility index (Phi) is 3.16. The van der Waals surface area contributed by atoms with Gasteiger partial charge < -0.3 is 10.6 Å². The number of hydrogen-bond donors (Lipinski definition) is 2. The fraction of sp³-hybridized carbons (Fsp3) is 0.700. The zero-order chi connectivity index (χ0) is 10.8. The maximum absolute atomic E-state index is 4.27. The molecular formula is C10H20N4. The summed E-state index contributed by atoms with van der Waals surface area (Å²) in [5, 5.41) is 10.9. The minimum Gasteiger partial charge on any atom is -0.380 e. The highest BCUT2D eigenvalue weighted by atomic mass is 15.3. The standard InChI is InChI=1S/C10H20N4/c1-8-9(6-14(5)13-8)12-7-10(2,3)11-4/h6,11-12H,7H2,1-5H3. The monoisotopic (exact) mass is 196 g/mol. The zero-order valence-electron chi connectivity index (χ0n) is 9.68. The quantitative estimate of drug-likeness (QED) is 0.759. The summed E-state index contributed by atoms with van der Waals surface area (Å²) in [6, 6.07) is 0. The smallest absolute Gasteiger partial charge is 0.0824 e. The van der Waals surface area contributed by atoms with Crippen LogP contribution in [0.1, 0.15) is 19.5 Å². The summed E-state index contributed by atoms with van der Waals surface area (Å²) in [5.41, 5.74) is 2.25. The van der Waals surface area contributed by atoms with Gasteiger partial charge in [0.15, 0.2) is 0 Å². The topological polar surface area (TPSA) is 41.9 Å². The molecule has 1 aromatic heterocycles. The van der Waals surface area contributed by atoms with Crippen molar-refractivity contribution in [2.24, 2.45) is 7.05 Å². The van der Waals surface area contributed by atoms with E-state index in [0.717, 1.165) is 17.9 Å². The molecule has 0 radical (unpaired) electrons. The van der Waals surface area contributed by atoms with Crippen LogP contribution in [0.2, 0.25) is 0 Å². The summed E-state index contributed by atoms with van der Waals surface area (Å²) in [7, 11) is 3.90. The van der Waals surface area contributed by atoms with E-state index in [1.807, 2.05) is 31.9 Å². The van der Waals surface area contributed by atoms with Gasteiger partial charge in [-0.15, -0.1) is 0 Å². The molecule has 1 aromatic rings. The average Bonchev–Trinajstić information content (AvgIpc) is 2.42. The summed E-state index contributed by atoms with van der Waals surface area (Å²) in [4.78, 5) is 0. The Morgan fingerprint density at radius 3 is 2.57 bits per heavy atom. The van der Waals surface area contributed by atoms with Gasteiger partial charge in [-0.1, -0.05) is 0 Å². The fourth-order valence-electron chi connectivity index (χ4n) is 1.18. The van der Waals surface area contributed by atoms with Crippen LogP contribution >= 0.6 is 0 Å². The van der Waals surface area contributed by atoms with E-state index in [9.17, 15) is 0 Å². The van der Waals surface area contributed by atoms with Crippen molar-refractivity contribution in [3.8, 4) is 0 Å². The van der Waals surface area contributed by atoms with Gasteiger partial charge in [-0.2, -0.15) is 5.10 Å². The third-order valence-electron chi connectivity index (χ3n) is 2.41. The molecule has 0 aliphatic heterocycles. The van der Waals surface area contributed by atoms with E-state index in [0.29, 0.717) is 0 Å². The SMILES string of the molecule is CNC(C)(C)CNc1cn(C)nc1C. The van der Waals surface area contributed by atoms with Gasteiger partial charge in [0.1, 0.15) is 0 Å². The Bertz CT molecular complexity index is 301. The first-order valence-electron chi connectivity index (χ1n) is 4.87. The van der Waals surface area contributed by atoms with E-state index < -0.39 is 0 Å². The van der Waals surface area contributed by atoms with Crippen LogP contribution in [0.25, 0.3) is 0 Å². The predicted octanol–water partition coefficient (Wildman–Crippen LogP) is 1.14. The lowest BCUT2D eigenvalue weighted by molar-refractivity contribution is 0.448. The number of likely N-dealkylation sites (N-methyl/N-ethyl adjacent to an activating group) is 1. The van der Waals surface area contributed by atoms with Crippen molar-refractivity contribution in [1.29, 1.82) is 0 Å². The number of nitrogens with one attached hydrogen (secondary N) is 2. The summed E-state index contributed by atoms with van der Waals surface area (Å²) >= 11 is 0. The highest BCUT2D eigenvalue weighted by molar-refractivity contribution is 5.45. The lowest BCUT2D eigenvalue weighted by Crippen LogP contribution is -2.42. The van der Waals surface area contributed by atoms with E-state index in [1.54, 1.807) is 0 Å². The largest absolute Gasteiger partial charge is 0.380 e. The van der Waals surface area contributed by atoms with Crippen LogP contribution in [-0.4, -0.2) is 28.9 Å². The fourth-order valence-corrected chi connectivity index (χ4v) is 1.18. The van der Waals surface area contributed by atoms with Gasteiger partial charge in [-0.25, -0.2) is 0 Å². The molecule has 0 aliphatic carbocycles. The van der Waals surface area contributed by atoms with Crippen molar-refractivity contribution in [2.75, 3.05) is 18.9 Å². The molecule has 4 heteroatoms. The van der Waals surface area contributed by atoms with E-state index in [4.69, 9.17) is 0 Å². The summed E-state index contributed by atoms with van der Waals surface area (Å²) in [6.07, 6.45) is 2.00. The third-order valence-corrected chi connectivity index (χ3v) is 2.41. The highest BCUT2D eigenvalue weighted by Crippen LogP contribution is 2.12. The van der Waals surface area contributed by atoms with Crippen molar-refractivity contribution >= 4 is 5.69 Å². The first kappa shape index (κ1) is 11.0. The molecule has 0 aliphatic rings. The predicted molar refractivity (Wildman–Crippen MR) is 59.6 cm³/mol. The van der Waals surface area contributed by atoms with Crippen LogP contribution in [-0.2, 0) is 7.05 Å². The normalized spacial score (nSPS) is 11.8. The van der Waals surface area contributed by atoms with E-state index in [-0.39, 0.29) is 5.54 Å². The summed E-state index contributed by atoms with van der Waals surface area (Å²) in [5.74, 6) is 0. The van der Waals surface area contributed by atoms with Crippen LogP contribution in [0, 0.1) is 6.92 Å². The second kappa shape index (κ2) is 4.00. The molecule has 0 aromatic carbocycles. The van der Waals surface area contributed by atoms with Crippen molar-refractivity contribution in [2.45, 2.75) is 26.3 Å². The summed E-state index contributed by atoms with van der Waals surface area (Å²) < 4.78 is 1.82. The van der Waals surface area contributed by atoms with Crippen molar-refractivity contribution in [1.82, 2.24) is 15.1 Å². The maximum Gasteiger partial charge on any atom is 0.0824 e. The number of anilines is 1. The Labute approximate surface area is 85.7 Å². The second-order valence-electron chi connectivity index (χ2n) is 4.29. The van der Waals surface area contributed by atoms with Crippen LogP contribution in [0.15, 0.2) is 6.20 Å². The molecule has 2 N–H and O–H groups in total. The molecule has 4 nitrogen and oxygen atoms in total. The van der Waals surface area contributed by atoms with Crippen LogP contribution < -0.4 is 10.6 Å². The van der Waals surface area contributed by atoms with Crippen LogP contribution in [0.4, 0.5) is 5.69 Å². The molecular weight excluding hydrogens is 176 g/mol. The van der Waals surface area contributed by atoms with Crippen molar-refractivity contribution in [3.05, 3.63) is 11.9 Å². The van der Waals surface area contributed by atoms with Gasteiger partial charge in [0, 0.05) is 25.3 Å². The van der Waals surface area contributed by atoms with Gasteiger partial charge >= 0.3 is 0 Å². The molecule has 0 atom stereocenters. The third kappa shape index (κ3) is 2.73. The first-order chi connectivity index (χ1) is 6.44. The molecule has 1 heterocycles. The van der Waals surface area contributed by atoms with Crippen molar-refractivity contribution in [3.63, 3.8) is 0 Å². The Hall–Kier alpha value is -1.03. The zero-order valence-corrected chi connectivity index (χ0v) is 9.68. The van der Waals surface area contributed by atoms with Gasteiger partial charge in [0.25, 0.3) is 0 Å². The lowest BCUT2D eigenvalue weighted by Gasteiger charge is -2.24. The molecule has 0 bridgehead atoms. The van der Waals surface area contributed by atoms with Crippen LogP contribution in [0.5, 0.6) is 0 Å². The molecule has 0 unspecified atom stereocenters. The second-order valence-corrected chi connectivity index (χ2v) is 4.29. The summed E-state index contributed by atoms with van der Waals surface area (Å²) in [6.45, 7) is 7.21. The minimum absolute atomic E-state index is 0.0995. The van der Waals surface area contributed by atoms with Crippen LogP contribution in [0.3, 0.4) is 0 Å².